The second-order valence-electron chi connectivity index (χ2n) is 7.10. The minimum absolute atomic E-state index is 0.384. The summed E-state index contributed by atoms with van der Waals surface area (Å²) in [7, 11) is 4.20. The highest BCUT2D eigenvalue weighted by atomic mass is 33.1. The molecule has 0 spiro atoms. The average Bonchev–Trinajstić information content (AvgIpc) is 2.38. The van der Waals surface area contributed by atoms with Gasteiger partial charge in [-0.25, -0.2) is 0 Å². The Hall–Kier alpha value is 0.700. The SMILES string of the molecule is CCCCCCC(CCCCC)C(C)SSC(C)(C)C. The van der Waals surface area contributed by atoms with Crippen LogP contribution >= 0.6 is 21.6 Å². The summed E-state index contributed by atoms with van der Waals surface area (Å²) < 4.78 is 0.384. The van der Waals surface area contributed by atoms with E-state index in [-0.39, 0.29) is 0 Å². The molecule has 0 rings (SSSR count). The molecule has 0 radical (unpaired) electrons. The first-order valence-corrected chi connectivity index (χ1v) is 11.0. The van der Waals surface area contributed by atoms with Crippen molar-refractivity contribution in [2.45, 2.75) is 109 Å². The zero-order chi connectivity index (χ0) is 15.4. The second kappa shape index (κ2) is 12.3. The zero-order valence-electron chi connectivity index (χ0n) is 14.8. The molecule has 0 aliphatic carbocycles. The molecule has 0 aromatic rings. The fourth-order valence-electron chi connectivity index (χ4n) is 2.40. The van der Waals surface area contributed by atoms with Crippen LogP contribution in [0, 0.1) is 5.92 Å². The van der Waals surface area contributed by atoms with E-state index in [1.54, 1.807) is 0 Å². The molecule has 0 aliphatic heterocycles. The van der Waals surface area contributed by atoms with Crippen molar-refractivity contribution >= 4 is 21.6 Å². The van der Waals surface area contributed by atoms with Crippen molar-refractivity contribution in [2.24, 2.45) is 5.92 Å². The van der Waals surface area contributed by atoms with E-state index in [9.17, 15) is 0 Å². The van der Waals surface area contributed by atoms with Gasteiger partial charge in [-0.15, -0.1) is 0 Å². The number of hydrogen-bond acceptors (Lipinski definition) is 2. The smallest absolute Gasteiger partial charge is 0.0179 e. The van der Waals surface area contributed by atoms with E-state index in [4.69, 9.17) is 0 Å². The molecule has 0 saturated carbocycles. The van der Waals surface area contributed by atoms with Crippen LogP contribution in [0.4, 0.5) is 0 Å². The van der Waals surface area contributed by atoms with Gasteiger partial charge in [0.05, 0.1) is 0 Å². The molecule has 0 fully saturated rings. The Balaban J connectivity index is 4.11. The molecule has 0 heterocycles. The van der Waals surface area contributed by atoms with Gasteiger partial charge >= 0.3 is 0 Å². The lowest BCUT2D eigenvalue weighted by Gasteiger charge is -2.26. The summed E-state index contributed by atoms with van der Waals surface area (Å²) in [5.41, 5.74) is 0. The second-order valence-corrected chi connectivity index (χ2v) is 10.5. The summed E-state index contributed by atoms with van der Waals surface area (Å²) in [5.74, 6) is 0.929. The summed E-state index contributed by atoms with van der Waals surface area (Å²) in [5, 5.41) is 0.803. The molecule has 0 aromatic heterocycles. The standard InChI is InChI=1S/C18H38S2/c1-7-9-11-13-15-17(14-12-10-8-2)16(3)19-20-18(4,5)6/h16-17H,7-15H2,1-6H3. The lowest BCUT2D eigenvalue weighted by atomic mass is 9.92. The average molecular weight is 319 g/mol. The summed E-state index contributed by atoms with van der Waals surface area (Å²) in [6.45, 7) is 14.0. The van der Waals surface area contributed by atoms with Gasteiger partial charge in [0.2, 0.25) is 0 Å². The molecule has 0 aliphatic rings. The normalized spacial score (nSPS) is 15.3. The lowest BCUT2D eigenvalue weighted by Crippen LogP contribution is -2.15. The number of rotatable bonds is 12. The van der Waals surface area contributed by atoms with Crippen molar-refractivity contribution in [1.29, 1.82) is 0 Å². The van der Waals surface area contributed by atoms with E-state index in [1.807, 2.05) is 0 Å². The Morgan fingerprint density at radius 2 is 1.30 bits per heavy atom. The molecule has 2 atom stereocenters. The van der Waals surface area contributed by atoms with Crippen molar-refractivity contribution in [3.05, 3.63) is 0 Å². The molecule has 2 unspecified atom stereocenters. The van der Waals surface area contributed by atoms with Gasteiger partial charge < -0.3 is 0 Å². The first-order valence-electron chi connectivity index (χ1n) is 8.75. The molecular weight excluding hydrogens is 280 g/mol. The maximum absolute atomic E-state index is 2.46. The zero-order valence-corrected chi connectivity index (χ0v) is 16.5. The summed E-state index contributed by atoms with van der Waals surface area (Å²) in [4.78, 5) is 0. The van der Waals surface area contributed by atoms with Gasteiger partial charge in [0.15, 0.2) is 0 Å². The van der Waals surface area contributed by atoms with Crippen LogP contribution in [-0.2, 0) is 0 Å². The third-order valence-electron chi connectivity index (χ3n) is 3.72. The first-order chi connectivity index (χ1) is 9.40. The lowest BCUT2D eigenvalue weighted by molar-refractivity contribution is 0.407. The predicted octanol–water partition coefficient (Wildman–Crippen LogP) is 7.72. The minimum atomic E-state index is 0.384. The van der Waals surface area contributed by atoms with Crippen molar-refractivity contribution in [1.82, 2.24) is 0 Å². The molecule has 20 heavy (non-hydrogen) atoms. The highest BCUT2D eigenvalue weighted by Crippen LogP contribution is 2.42. The Morgan fingerprint density at radius 1 is 0.800 bits per heavy atom. The van der Waals surface area contributed by atoms with Crippen molar-refractivity contribution in [2.75, 3.05) is 0 Å². The Kier molecular flexibility index (Phi) is 12.7. The molecule has 122 valence electrons. The van der Waals surface area contributed by atoms with E-state index < -0.39 is 0 Å². The third kappa shape index (κ3) is 12.4. The fourth-order valence-corrected chi connectivity index (χ4v) is 5.06. The Bertz CT molecular complexity index is 208. The molecule has 0 saturated heterocycles. The summed E-state index contributed by atoms with van der Waals surface area (Å²) in [6.07, 6.45) is 12.7. The van der Waals surface area contributed by atoms with Crippen LogP contribution in [0.15, 0.2) is 0 Å². The quantitative estimate of drug-likeness (QED) is 0.267. The Morgan fingerprint density at radius 3 is 1.80 bits per heavy atom. The highest BCUT2D eigenvalue weighted by molar-refractivity contribution is 8.77. The van der Waals surface area contributed by atoms with E-state index in [0.29, 0.717) is 4.75 Å². The van der Waals surface area contributed by atoms with Gasteiger partial charge in [-0.05, 0) is 18.8 Å². The topological polar surface area (TPSA) is 0 Å². The van der Waals surface area contributed by atoms with E-state index in [2.05, 4.69) is 63.1 Å². The van der Waals surface area contributed by atoms with Gasteiger partial charge in [0.25, 0.3) is 0 Å². The van der Waals surface area contributed by atoms with Gasteiger partial charge in [-0.1, -0.05) is 108 Å². The first kappa shape index (κ1) is 20.7. The minimum Gasteiger partial charge on any atom is -0.0902 e. The maximum Gasteiger partial charge on any atom is 0.0179 e. The van der Waals surface area contributed by atoms with Crippen LogP contribution in [-0.4, -0.2) is 10.00 Å². The van der Waals surface area contributed by atoms with Gasteiger partial charge in [-0.3, -0.25) is 0 Å². The highest BCUT2D eigenvalue weighted by Gasteiger charge is 2.20. The summed E-state index contributed by atoms with van der Waals surface area (Å²) >= 11 is 0. The van der Waals surface area contributed by atoms with Crippen molar-refractivity contribution in [3.8, 4) is 0 Å². The van der Waals surface area contributed by atoms with Gasteiger partial charge in [0.1, 0.15) is 0 Å². The largest absolute Gasteiger partial charge is 0.0902 e. The van der Waals surface area contributed by atoms with Crippen LogP contribution in [0.2, 0.25) is 0 Å². The molecule has 0 N–H and O–H groups in total. The maximum atomic E-state index is 2.46. The van der Waals surface area contributed by atoms with Crippen LogP contribution in [0.5, 0.6) is 0 Å². The van der Waals surface area contributed by atoms with E-state index >= 15 is 0 Å². The molecule has 0 nitrogen and oxygen atoms in total. The van der Waals surface area contributed by atoms with Crippen LogP contribution in [0.1, 0.15) is 99.3 Å². The van der Waals surface area contributed by atoms with Crippen LogP contribution in [0.25, 0.3) is 0 Å². The predicted molar refractivity (Wildman–Crippen MR) is 101 cm³/mol. The van der Waals surface area contributed by atoms with Crippen molar-refractivity contribution < 1.29 is 0 Å². The van der Waals surface area contributed by atoms with E-state index in [0.717, 1.165) is 11.2 Å². The number of unbranched alkanes of at least 4 members (excludes halogenated alkanes) is 5. The number of hydrogen-bond donors (Lipinski definition) is 0. The van der Waals surface area contributed by atoms with Gasteiger partial charge in [0, 0.05) is 10.00 Å². The Labute approximate surface area is 137 Å². The molecule has 2 heteroatoms. The fraction of sp³-hybridized carbons (Fsp3) is 1.00. The van der Waals surface area contributed by atoms with Crippen molar-refractivity contribution in [3.63, 3.8) is 0 Å². The third-order valence-corrected chi connectivity index (χ3v) is 7.70. The molecular formula is C18H38S2. The molecule has 0 aromatic carbocycles. The molecule has 0 amide bonds. The van der Waals surface area contributed by atoms with Crippen LogP contribution in [0.3, 0.4) is 0 Å². The monoisotopic (exact) mass is 318 g/mol. The van der Waals surface area contributed by atoms with Crippen LogP contribution < -0.4 is 0 Å². The summed E-state index contributed by atoms with van der Waals surface area (Å²) in [6, 6.07) is 0. The molecule has 0 bridgehead atoms. The van der Waals surface area contributed by atoms with Gasteiger partial charge in [-0.2, -0.15) is 0 Å². The van der Waals surface area contributed by atoms with E-state index in [1.165, 1.54) is 57.8 Å².